The molecule has 2 aliphatic rings. The van der Waals surface area contributed by atoms with Crippen LogP contribution in [0.15, 0.2) is 158 Å². The quantitative estimate of drug-likeness (QED) is 0.132. The Morgan fingerprint density at radius 3 is 1.37 bits per heavy atom. The Morgan fingerprint density at radius 1 is 0.389 bits per heavy atom. The predicted octanol–water partition coefficient (Wildman–Crippen LogP) is 14.5. The van der Waals surface area contributed by atoms with Crippen molar-refractivity contribution in [3.8, 4) is 72.8 Å². The molecule has 2 nitrogen and oxygen atoms in total. The first-order chi connectivity index (χ1) is 26.7. The van der Waals surface area contributed by atoms with Crippen molar-refractivity contribution in [1.82, 2.24) is 0 Å². The third kappa shape index (κ3) is 3.71. The molecule has 0 fully saturated rings. The average molecular weight is 679 g/mol. The Kier molecular flexibility index (Phi) is 5.67. The summed E-state index contributed by atoms with van der Waals surface area (Å²) in [5.74, 6) is 0. The van der Waals surface area contributed by atoms with Gasteiger partial charge in [0, 0.05) is 0 Å². The van der Waals surface area contributed by atoms with Gasteiger partial charge in [-0.2, -0.15) is 5.26 Å². The first-order valence-corrected chi connectivity index (χ1v) is 18.3. The zero-order valence-corrected chi connectivity index (χ0v) is 28.9. The smallest absolute Gasteiger partial charge is 0.187 e. The van der Waals surface area contributed by atoms with Crippen LogP contribution in [0.25, 0.3) is 125 Å². The maximum Gasteiger partial charge on any atom is 0.187 e. The van der Waals surface area contributed by atoms with E-state index in [2.05, 4.69) is 132 Å². The summed E-state index contributed by atoms with van der Waals surface area (Å²) >= 11 is 0. The molecule has 10 aromatic carbocycles. The lowest BCUT2D eigenvalue weighted by Gasteiger charge is -2.19. The zero-order valence-electron chi connectivity index (χ0n) is 28.9. The van der Waals surface area contributed by atoms with E-state index in [0.717, 1.165) is 16.7 Å². The van der Waals surface area contributed by atoms with Crippen LogP contribution in [-0.4, -0.2) is 0 Å². The summed E-state index contributed by atoms with van der Waals surface area (Å²) in [6.45, 7) is 7.84. The standard InChI is InChI=1S/C52H26N2/c1-54-34-15-3-14-33(25-34)50-40-23-21-35-36(44(40)27-46-38-17-5-10-31-12-7-19-42(48(31)38)52(46)50)20-22-39-43(35)26-45-37-16-4-9-30-11-6-18-41(47(30)37)51(45)49(39)32-13-2-8-29(24-32)28-53/h2-27H. The fourth-order valence-corrected chi connectivity index (χ4v) is 9.78. The fourth-order valence-electron chi connectivity index (χ4n) is 9.78. The molecule has 0 radical (unpaired) electrons. The number of rotatable bonds is 2. The number of nitriles is 1. The third-order valence-electron chi connectivity index (χ3n) is 11.9. The second-order valence-electron chi connectivity index (χ2n) is 14.5. The van der Waals surface area contributed by atoms with Gasteiger partial charge in [-0.25, -0.2) is 4.85 Å². The molecule has 0 aromatic heterocycles. The maximum atomic E-state index is 9.96. The molecule has 0 heterocycles. The molecule has 0 atom stereocenters. The molecule has 2 heteroatoms. The first-order valence-electron chi connectivity index (χ1n) is 18.3. The van der Waals surface area contributed by atoms with Crippen LogP contribution in [0.4, 0.5) is 5.69 Å². The van der Waals surface area contributed by atoms with E-state index in [-0.39, 0.29) is 0 Å². The molecule has 0 saturated heterocycles. The summed E-state index contributed by atoms with van der Waals surface area (Å²) in [5, 5.41) is 22.1. The Bertz CT molecular complexity index is 3220. The minimum absolute atomic E-state index is 0.636. The minimum atomic E-state index is 0.636. The van der Waals surface area contributed by atoms with Gasteiger partial charge in [0.2, 0.25) is 0 Å². The van der Waals surface area contributed by atoms with Gasteiger partial charge in [0.15, 0.2) is 5.69 Å². The largest absolute Gasteiger partial charge is 0.238 e. The number of hydrogen-bond donors (Lipinski definition) is 0. The number of nitrogens with zero attached hydrogens (tertiary/aromatic N) is 2. The summed E-state index contributed by atoms with van der Waals surface area (Å²) in [7, 11) is 0. The SMILES string of the molecule is [C-]#[N+]c1cccc(-c2c3c(cc4c2ccc2c5cc6c(c(-c7cccc(C#N)c7)c5ccc42)-c2cccc4cccc-6c24)-c2cccc4cccc-3c24)c1. The van der Waals surface area contributed by atoms with Gasteiger partial charge in [-0.05, 0) is 151 Å². The molecule has 0 unspecified atom stereocenters. The predicted molar refractivity (Wildman–Crippen MR) is 225 cm³/mol. The van der Waals surface area contributed by atoms with E-state index >= 15 is 0 Å². The van der Waals surface area contributed by atoms with Crippen LogP contribution in [0.1, 0.15) is 5.56 Å². The Morgan fingerprint density at radius 2 is 0.852 bits per heavy atom. The van der Waals surface area contributed by atoms with E-state index < -0.39 is 0 Å². The van der Waals surface area contributed by atoms with Crippen LogP contribution in [0.3, 0.4) is 0 Å². The van der Waals surface area contributed by atoms with Crippen molar-refractivity contribution >= 4 is 59.5 Å². The molecule has 244 valence electrons. The average Bonchev–Trinajstić information content (AvgIpc) is 3.73. The van der Waals surface area contributed by atoms with Crippen molar-refractivity contribution in [2.45, 2.75) is 0 Å². The molecule has 0 aliphatic heterocycles. The van der Waals surface area contributed by atoms with Gasteiger partial charge in [0.05, 0.1) is 18.2 Å². The molecular weight excluding hydrogens is 653 g/mol. The van der Waals surface area contributed by atoms with E-state index in [1.165, 1.54) is 104 Å². The summed E-state index contributed by atoms with van der Waals surface area (Å²) < 4.78 is 0. The van der Waals surface area contributed by atoms with Crippen molar-refractivity contribution < 1.29 is 0 Å². The topological polar surface area (TPSA) is 28.1 Å². The lowest BCUT2D eigenvalue weighted by Crippen LogP contribution is -1.92. The van der Waals surface area contributed by atoms with Crippen molar-refractivity contribution in [2.24, 2.45) is 0 Å². The normalized spacial score (nSPS) is 12.0. The summed E-state index contributed by atoms with van der Waals surface area (Å²) in [5.41, 5.74) is 15.6. The van der Waals surface area contributed by atoms with E-state index in [4.69, 9.17) is 6.57 Å². The van der Waals surface area contributed by atoms with Gasteiger partial charge < -0.3 is 0 Å². The van der Waals surface area contributed by atoms with E-state index in [1.54, 1.807) is 0 Å². The second kappa shape index (κ2) is 10.5. The Labute approximate surface area is 311 Å². The number of fused-ring (bicyclic) bond motifs is 11. The van der Waals surface area contributed by atoms with Gasteiger partial charge in [-0.15, -0.1) is 0 Å². The highest BCUT2D eigenvalue weighted by Crippen LogP contribution is 2.57. The summed E-state index contributed by atoms with van der Waals surface area (Å²) in [4.78, 5) is 3.83. The van der Waals surface area contributed by atoms with Crippen molar-refractivity contribution in [3.63, 3.8) is 0 Å². The zero-order chi connectivity index (χ0) is 35.7. The lowest BCUT2D eigenvalue weighted by molar-refractivity contribution is 1.48. The van der Waals surface area contributed by atoms with Gasteiger partial charge in [-0.3, -0.25) is 0 Å². The Balaban J connectivity index is 1.24. The van der Waals surface area contributed by atoms with Crippen LogP contribution in [0.2, 0.25) is 0 Å². The lowest BCUT2D eigenvalue weighted by atomic mass is 9.83. The fraction of sp³-hybridized carbons (Fsp3) is 0. The molecular formula is C52H26N2. The summed E-state index contributed by atoms with van der Waals surface area (Å²) in [6, 6.07) is 59.1. The van der Waals surface area contributed by atoms with Crippen LogP contribution in [-0.2, 0) is 0 Å². The molecule has 0 bridgehead atoms. The molecule has 10 aromatic rings. The van der Waals surface area contributed by atoms with Crippen LogP contribution in [0.5, 0.6) is 0 Å². The van der Waals surface area contributed by atoms with Crippen molar-refractivity contribution in [1.29, 1.82) is 5.26 Å². The molecule has 2 aliphatic carbocycles. The minimum Gasteiger partial charge on any atom is -0.238 e. The highest BCUT2D eigenvalue weighted by Gasteiger charge is 2.29. The molecule has 54 heavy (non-hydrogen) atoms. The molecule has 0 saturated carbocycles. The monoisotopic (exact) mass is 678 g/mol. The van der Waals surface area contributed by atoms with E-state index in [0.29, 0.717) is 11.3 Å². The highest BCUT2D eigenvalue weighted by atomic mass is 14.6. The van der Waals surface area contributed by atoms with Crippen LogP contribution in [0, 0.1) is 17.9 Å². The van der Waals surface area contributed by atoms with E-state index in [9.17, 15) is 5.26 Å². The van der Waals surface area contributed by atoms with Crippen LogP contribution < -0.4 is 0 Å². The second-order valence-corrected chi connectivity index (χ2v) is 14.5. The number of hydrogen-bond acceptors (Lipinski definition) is 1. The van der Waals surface area contributed by atoms with E-state index in [1.807, 2.05) is 36.4 Å². The molecule has 0 N–H and O–H groups in total. The molecule has 0 spiro atoms. The van der Waals surface area contributed by atoms with Gasteiger partial charge in [0.1, 0.15) is 0 Å². The highest BCUT2D eigenvalue weighted by molar-refractivity contribution is 6.30. The maximum absolute atomic E-state index is 9.96. The van der Waals surface area contributed by atoms with Gasteiger partial charge >= 0.3 is 0 Å². The molecule has 12 rings (SSSR count). The Hall–Kier alpha value is -7.52. The van der Waals surface area contributed by atoms with Gasteiger partial charge in [-0.1, -0.05) is 127 Å². The van der Waals surface area contributed by atoms with Crippen LogP contribution >= 0.6 is 0 Å². The van der Waals surface area contributed by atoms with Crippen molar-refractivity contribution in [3.05, 3.63) is 175 Å². The summed E-state index contributed by atoms with van der Waals surface area (Å²) in [6.07, 6.45) is 0. The first kappa shape index (κ1) is 29.1. The number of benzene rings is 10. The van der Waals surface area contributed by atoms with Crippen molar-refractivity contribution in [2.75, 3.05) is 0 Å². The molecule has 0 amide bonds. The third-order valence-corrected chi connectivity index (χ3v) is 11.9. The van der Waals surface area contributed by atoms with Gasteiger partial charge in [0.25, 0.3) is 0 Å².